The summed E-state index contributed by atoms with van der Waals surface area (Å²) in [5.41, 5.74) is 19.2. The number of hydrogen-bond donors (Lipinski definition) is 0. The maximum absolute atomic E-state index is 2.40. The summed E-state index contributed by atoms with van der Waals surface area (Å²) in [4.78, 5) is 0. The fraction of sp³-hybridized carbons (Fsp3) is 0. The van der Waals surface area contributed by atoms with Gasteiger partial charge in [0.1, 0.15) is 0 Å². The molecule has 0 fully saturated rings. The van der Waals surface area contributed by atoms with E-state index in [2.05, 4.69) is 252 Å². The van der Waals surface area contributed by atoms with Crippen molar-refractivity contribution in [3.63, 3.8) is 0 Å². The molecule has 0 saturated heterocycles. The number of hydrogen-bond acceptors (Lipinski definition) is 0. The van der Waals surface area contributed by atoms with Crippen LogP contribution in [-0.2, 0) is 0 Å². The maximum Gasteiger partial charge on any atom is 0.0541 e. The first-order valence-electron chi connectivity index (χ1n) is 21.3. The predicted molar refractivity (Wildman–Crippen MR) is 262 cm³/mol. The molecular weight excluding hydrogens is 749 g/mol. The molecule has 10 aromatic carbocycles. The summed E-state index contributed by atoms with van der Waals surface area (Å²) in [6.07, 6.45) is 0. The summed E-state index contributed by atoms with van der Waals surface area (Å²) in [5, 5.41) is 5.01. The van der Waals surface area contributed by atoms with Gasteiger partial charge in [0, 0.05) is 32.9 Å². The van der Waals surface area contributed by atoms with E-state index in [4.69, 9.17) is 0 Å². The van der Waals surface area contributed by atoms with Gasteiger partial charge in [-0.25, -0.2) is 0 Å². The van der Waals surface area contributed by atoms with Crippen LogP contribution in [0.15, 0.2) is 243 Å². The Labute approximate surface area is 360 Å². The topological polar surface area (TPSA) is 9.86 Å². The molecule has 0 aliphatic rings. The van der Waals surface area contributed by atoms with E-state index >= 15 is 0 Å². The van der Waals surface area contributed by atoms with Crippen LogP contribution >= 0.6 is 0 Å². The fourth-order valence-electron chi connectivity index (χ4n) is 9.53. The largest absolute Gasteiger partial charge is 0.309 e. The van der Waals surface area contributed by atoms with Gasteiger partial charge in [-0.3, -0.25) is 0 Å². The lowest BCUT2D eigenvalue weighted by atomic mass is 9.94. The Balaban J connectivity index is 0.882. The Morgan fingerprint density at radius 3 is 0.984 bits per heavy atom. The summed E-state index contributed by atoms with van der Waals surface area (Å²) < 4.78 is 4.77. The van der Waals surface area contributed by atoms with Crippen molar-refractivity contribution >= 4 is 43.6 Å². The van der Waals surface area contributed by atoms with Crippen LogP contribution in [0.25, 0.3) is 111 Å². The third-order valence-corrected chi connectivity index (χ3v) is 12.5. The van der Waals surface area contributed by atoms with Gasteiger partial charge in [-0.05, 0) is 134 Å². The van der Waals surface area contributed by atoms with Gasteiger partial charge in [-0.2, -0.15) is 0 Å². The van der Waals surface area contributed by atoms with E-state index in [-0.39, 0.29) is 0 Å². The molecule has 12 aromatic rings. The van der Waals surface area contributed by atoms with Crippen LogP contribution in [0.2, 0.25) is 0 Å². The molecule has 2 heterocycles. The van der Waals surface area contributed by atoms with Crippen LogP contribution in [0.4, 0.5) is 0 Å². The molecule has 0 unspecified atom stereocenters. The molecule has 290 valence electrons. The average molecular weight is 789 g/mol. The Morgan fingerprint density at radius 1 is 0.177 bits per heavy atom. The molecule has 0 bridgehead atoms. The van der Waals surface area contributed by atoms with Gasteiger partial charge in [0.15, 0.2) is 0 Å². The molecule has 0 spiro atoms. The van der Waals surface area contributed by atoms with Crippen LogP contribution in [0, 0.1) is 0 Å². The second-order valence-electron chi connectivity index (χ2n) is 16.2. The third kappa shape index (κ3) is 6.12. The highest BCUT2D eigenvalue weighted by molar-refractivity contribution is 6.11. The quantitative estimate of drug-likeness (QED) is 0.152. The molecule has 0 radical (unpaired) electrons. The van der Waals surface area contributed by atoms with Gasteiger partial charge in [-0.15, -0.1) is 0 Å². The van der Waals surface area contributed by atoms with Crippen molar-refractivity contribution in [2.45, 2.75) is 0 Å². The summed E-state index contributed by atoms with van der Waals surface area (Å²) in [7, 11) is 0. The van der Waals surface area contributed by atoms with E-state index in [1.807, 2.05) is 0 Å². The minimum Gasteiger partial charge on any atom is -0.309 e. The summed E-state index contributed by atoms with van der Waals surface area (Å²) in [6.45, 7) is 0. The van der Waals surface area contributed by atoms with Crippen molar-refractivity contribution in [3.05, 3.63) is 243 Å². The molecule has 12 rings (SSSR count). The van der Waals surface area contributed by atoms with Crippen molar-refractivity contribution in [1.82, 2.24) is 9.13 Å². The second-order valence-corrected chi connectivity index (χ2v) is 16.2. The van der Waals surface area contributed by atoms with Gasteiger partial charge < -0.3 is 9.13 Å². The lowest BCUT2D eigenvalue weighted by Crippen LogP contribution is -1.94. The number of nitrogens with zero attached hydrogens (tertiary/aromatic N) is 2. The summed E-state index contributed by atoms with van der Waals surface area (Å²) in [5.74, 6) is 0. The first-order valence-corrected chi connectivity index (χ1v) is 21.3. The van der Waals surface area contributed by atoms with E-state index < -0.39 is 0 Å². The average Bonchev–Trinajstić information content (AvgIpc) is 3.87. The van der Waals surface area contributed by atoms with Crippen molar-refractivity contribution in [1.29, 1.82) is 0 Å². The molecule has 2 aromatic heterocycles. The Bertz CT molecular complexity index is 3630. The molecule has 0 aliphatic carbocycles. The minimum absolute atomic E-state index is 1.16. The van der Waals surface area contributed by atoms with E-state index in [1.54, 1.807) is 0 Å². The zero-order chi connectivity index (χ0) is 41.0. The number of fused-ring (bicyclic) bond motifs is 6. The molecular formula is C60H40N2. The van der Waals surface area contributed by atoms with Gasteiger partial charge >= 0.3 is 0 Å². The van der Waals surface area contributed by atoms with Crippen LogP contribution in [0.5, 0.6) is 0 Å². The number of rotatable bonds is 7. The minimum atomic E-state index is 1.16. The van der Waals surface area contributed by atoms with Crippen molar-refractivity contribution in [3.8, 4) is 67.0 Å². The van der Waals surface area contributed by atoms with E-state index in [9.17, 15) is 0 Å². The number of para-hydroxylation sites is 3. The van der Waals surface area contributed by atoms with Crippen molar-refractivity contribution < 1.29 is 0 Å². The van der Waals surface area contributed by atoms with Gasteiger partial charge in [0.2, 0.25) is 0 Å². The molecule has 0 saturated carbocycles. The maximum atomic E-state index is 2.40. The lowest BCUT2D eigenvalue weighted by Gasteiger charge is -2.11. The molecule has 2 heteroatoms. The molecule has 0 atom stereocenters. The Kier molecular flexibility index (Phi) is 8.53. The normalized spacial score (nSPS) is 11.5. The molecule has 2 nitrogen and oxygen atoms in total. The Morgan fingerprint density at radius 2 is 0.500 bits per heavy atom. The monoisotopic (exact) mass is 788 g/mol. The van der Waals surface area contributed by atoms with Crippen molar-refractivity contribution in [2.24, 2.45) is 0 Å². The first kappa shape index (κ1) is 35.7. The molecule has 0 aliphatic heterocycles. The zero-order valence-corrected chi connectivity index (χ0v) is 34.0. The predicted octanol–water partition coefficient (Wildman–Crippen LogP) is 16.2. The highest BCUT2D eigenvalue weighted by atomic mass is 15.0. The van der Waals surface area contributed by atoms with E-state index in [0.29, 0.717) is 0 Å². The number of aromatic nitrogens is 2. The molecule has 0 amide bonds. The van der Waals surface area contributed by atoms with Gasteiger partial charge in [0.25, 0.3) is 0 Å². The van der Waals surface area contributed by atoms with E-state index in [0.717, 1.165) is 5.69 Å². The summed E-state index contributed by atoms with van der Waals surface area (Å²) >= 11 is 0. The molecule has 0 N–H and O–H groups in total. The fourth-order valence-corrected chi connectivity index (χ4v) is 9.53. The molecule has 62 heavy (non-hydrogen) atoms. The van der Waals surface area contributed by atoms with Gasteiger partial charge in [-0.1, -0.05) is 164 Å². The van der Waals surface area contributed by atoms with Gasteiger partial charge in [0.05, 0.1) is 22.1 Å². The Hall–Kier alpha value is -8.20. The van der Waals surface area contributed by atoms with Crippen LogP contribution in [0.3, 0.4) is 0 Å². The highest BCUT2D eigenvalue weighted by Gasteiger charge is 2.16. The highest BCUT2D eigenvalue weighted by Crippen LogP contribution is 2.39. The standard InChI is InChI=1S/C60H40N2/c1-3-15-41(16-4-1)48-23-14-26-52(38-48)62-58-30-10-8-28-54(58)56-40-50(32-34-60(56)62)47-22-13-20-45(37-47)43-18-11-17-42(35-43)44-19-12-21-46(36-44)49-31-33-59-55(39-49)53-27-7-9-29-57(53)61(59)51-24-5-2-6-25-51/h1-40H. The second kappa shape index (κ2) is 14.8. The van der Waals surface area contributed by atoms with Crippen LogP contribution in [-0.4, -0.2) is 9.13 Å². The first-order chi connectivity index (χ1) is 30.7. The summed E-state index contributed by atoms with van der Waals surface area (Å²) in [6, 6.07) is 88.4. The lowest BCUT2D eigenvalue weighted by molar-refractivity contribution is 1.18. The SMILES string of the molecule is c1ccc(-c2cccc(-n3c4ccccc4c4cc(-c5cccc(-c6cccc(-c7cccc(-c8ccc9c(c8)c8ccccc8n9-c8ccccc8)c7)c6)c5)ccc43)c2)cc1. The van der Waals surface area contributed by atoms with Crippen molar-refractivity contribution in [2.75, 3.05) is 0 Å². The van der Waals surface area contributed by atoms with E-state index in [1.165, 1.54) is 105 Å². The number of benzene rings is 10. The smallest absolute Gasteiger partial charge is 0.0541 e. The third-order valence-electron chi connectivity index (χ3n) is 12.5. The van der Waals surface area contributed by atoms with Crippen LogP contribution < -0.4 is 0 Å². The van der Waals surface area contributed by atoms with Crippen LogP contribution in [0.1, 0.15) is 0 Å². The zero-order valence-electron chi connectivity index (χ0n) is 34.0.